The molecule has 164 valence electrons. The fraction of sp³-hybridized carbons (Fsp3) is 0.478. The molecule has 0 bridgehead atoms. The smallest absolute Gasteiger partial charge is 0.280 e. The van der Waals surface area contributed by atoms with E-state index in [0.29, 0.717) is 23.2 Å². The number of nitrogens with zero attached hydrogens (tertiary/aromatic N) is 5. The molecule has 3 heterocycles. The summed E-state index contributed by atoms with van der Waals surface area (Å²) in [7, 11) is 5.76. The van der Waals surface area contributed by atoms with Crippen LogP contribution >= 0.6 is 11.3 Å². The zero-order valence-corrected chi connectivity index (χ0v) is 19.2. The van der Waals surface area contributed by atoms with E-state index in [2.05, 4.69) is 26.9 Å². The molecule has 0 amide bonds. The molecule has 2 aromatic heterocycles. The summed E-state index contributed by atoms with van der Waals surface area (Å²) in [6, 6.07) is 9.94. The van der Waals surface area contributed by atoms with E-state index in [9.17, 15) is 9.59 Å². The van der Waals surface area contributed by atoms with Crippen LogP contribution in [0.5, 0.6) is 0 Å². The Morgan fingerprint density at radius 3 is 2.71 bits per heavy atom. The first-order valence-electron chi connectivity index (χ1n) is 10.8. The van der Waals surface area contributed by atoms with Crippen molar-refractivity contribution in [2.24, 2.45) is 7.05 Å². The highest BCUT2D eigenvalue weighted by Crippen LogP contribution is 2.32. The van der Waals surface area contributed by atoms with Gasteiger partial charge in [-0.25, -0.2) is 9.97 Å². The highest BCUT2D eigenvalue weighted by molar-refractivity contribution is 7.21. The van der Waals surface area contributed by atoms with Crippen molar-refractivity contribution in [3.8, 4) is 0 Å². The summed E-state index contributed by atoms with van der Waals surface area (Å²) in [6.07, 6.45) is 3.76. The highest BCUT2D eigenvalue weighted by atomic mass is 32.1. The third-order valence-electron chi connectivity index (χ3n) is 5.88. The van der Waals surface area contributed by atoms with Gasteiger partial charge in [-0.3, -0.25) is 14.2 Å². The zero-order valence-electron chi connectivity index (χ0n) is 18.4. The molecule has 1 aliphatic heterocycles. The monoisotopic (exact) mass is 439 g/mol. The van der Waals surface area contributed by atoms with Crippen LogP contribution < -0.4 is 10.5 Å². The molecular formula is C23H29N5O2S. The number of Topliss-reactive ketones (excluding diaryl/α,β-unsaturated/α-hetero) is 1. The third-order valence-corrected chi connectivity index (χ3v) is 6.87. The van der Waals surface area contributed by atoms with E-state index in [1.165, 1.54) is 16.9 Å². The average Bonchev–Trinajstić information content (AvgIpc) is 3.41. The van der Waals surface area contributed by atoms with E-state index in [4.69, 9.17) is 4.98 Å². The minimum absolute atomic E-state index is 0.118. The van der Waals surface area contributed by atoms with Crippen molar-refractivity contribution in [2.45, 2.75) is 38.1 Å². The fourth-order valence-electron chi connectivity index (χ4n) is 4.06. The van der Waals surface area contributed by atoms with Crippen LogP contribution in [0.3, 0.4) is 0 Å². The number of likely N-dealkylation sites (N-methyl/N-ethyl adjacent to an activating group) is 1. The van der Waals surface area contributed by atoms with E-state index in [-0.39, 0.29) is 17.4 Å². The molecule has 31 heavy (non-hydrogen) atoms. The maximum Gasteiger partial charge on any atom is 0.280 e. The number of carbonyl (C=O) groups excluding carboxylic acids is 1. The number of hydrogen-bond acceptors (Lipinski definition) is 7. The lowest BCUT2D eigenvalue weighted by atomic mass is 10.0. The van der Waals surface area contributed by atoms with Gasteiger partial charge in [-0.2, -0.15) is 0 Å². The highest BCUT2D eigenvalue weighted by Gasteiger charge is 2.32. The Labute approximate surface area is 186 Å². The molecule has 1 saturated heterocycles. The summed E-state index contributed by atoms with van der Waals surface area (Å²) >= 11 is 1.43. The summed E-state index contributed by atoms with van der Waals surface area (Å²) < 4.78 is 1.60. The molecule has 4 rings (SSSR count). The summed E-state index contributed by atoms with van der Waals surface area (Å²) in [6.45, 7) is 1.61. The Bertz CT molecular complexity index is 1120. The van der Waals surface area contributed by atoms with Crippen molar-refractivity contribution >= 4 is 32.6 Å². The number of ketones is 1. The van der Waals surface area contributed by atoms with Gasteiger partial charge in [0.05, 0.1) is 6.04 Å². The van der Waals surface area contributed by atoms with Crippen LogP contribution in [0.15, 0.2) is 35.1 Å². The molecule has 0 unspecified atom stereocenters. The number of benzene rings is 1. The van der Waals surface area contributed by atoms with Gasteiger partial charge in [0.25, 0.3) is 5.56 Å². The van der Waals surface area contributed by atoms with Crippen LogP contribution in [-0.4, -0.2) is 58.4 Å². The van der Waals surface area contributed by atoms with Crippen LogP contribution in [0.1, 0.15) is 30.7 Å². The molecule has 7 nitrogen and oxygen atoms in total. The second-order valence-electron chi connectivity index (χ2n) is 8.40. The molecule has 8 heteroatoms. The number of aromatic nitrogens is 3. The van der Waals surface area contributed by atoms with Crippen LogP contribution in [0.4, 0.5) is 5.13 Å². The largest absolute Gasteiger partial charge is 0.338 e. The van der Waals surface area contributed by atoms with Crippen molar-refractivity contribution in [2.75, 3.05) is 32.1 Å². The van der Waals surface area contributed by atoms with Gasteiger partial charge < -0.3 is 9.80 Å². The maximum absolute atomic E-state index is 13.0. The van der Waals surface area contributed by atoms with Gasteiger partial charge in [-0.05, 0) is 38.9 Å². The van der Waals surface area contributed by atoms with Gasteiger partial charge in [0.2, 0.25) is 0 Å². The molecule has 1 aliphatic rings. The summed E-state index contributed by atoms with van der Waals surface area (Å²) in [5.74, 6) is 1.01. The summed E-state index contributed by atoms with van der Waals surface area (Å²) in [5, 5.41) is 0.736. The topological polar surface area (TPSA) is 71.3 Å². The molecule has 1 fully saturated rings. The van der Waals surface area contributed by atoms with Gasteiger partial charge in [0, 0.05) is 33.0 Å². The van der Waals surface area contributed by atoms with Crippen molar-refractivity contribution in [3.63, 3.8) is 0 Å². The van der Waals surface area contributed by atoms with Crippen molar-refractivity contribution in [1.82, 2.24) is 19.4 Å². The minimum Gasteiger partial charge on any atom is -0.338 e. The molecular weight excluding hydrogens is 410 g/mol. The van der Waals surface area contributed by atoms with Gasteiger partial charge in [-0.1, -0.05) is 41.7 Å². The van der Waals surface area contributed by atoms with Crippen LogP contribution in [0.25, 0.3) is 10.3 Å². The Balaban J connectivity index is 1.54. The first-order chi connectivity index (χ1) is 14.9. The van der Waals surface area contributed by atoms with Gasteiger partial charge in [0.1, 0.15) is 5.82 Å². The predicted molar refractivity (Wildman–Crippen MR) is 125 cm³/mol. The molecule has 1 atom stereocenters. The average molecular weight is 440 g/mol. The lowest BCUT2D eigenvalue weighted by Crippen LogP contribution is -2.36. The molecule has 0 radical (unpaired) electrons. The van der Waals surface area contributed by atoms with E-state index in [1.807, 2.05) is 32.3 Å². The first kappa shape index (κ1) is 21.6. The Hall–Kier alpha value is -2.58. The van der Waals surface area contributed by atoms with E-state index in [0.717, 1.165) is 43.3 Å². The molecule has 0 spiro atoms. The normalized spacial score (nSPS) is 16.5. The van der Waals surface area contributed by atoms with Crippen LogP contribution in [0, 0.1) is 0 Å². The number of rotatable bonds is 8. The lowest BCUT2D eigenvalue weighted by molar-refractivity contribution is -0.120. The van der Waals surface area contributed by atoms with Crippen LogP contribution in [-0.2, 0) is 24.7 Å². The zero-order chi connectivity index (χ0) is 22.0. The number of anilines is 1. The number of thiazole rings is 1. The van der Waals surface area contributed by atoms with E-state index in [1.54, 1.807) is 11.6 Å². The molecule has 0 N–H and O–H groups in total. The van der Waals surface area contributed by atoms with Gasteiger partial charge >= 0.3 is 0 Å². The maximum atomic E-state index is 13.0. The van der Waals surface area contributed by atoms with Crippen LogP contribution in [0.2, 0.25) is 0 Å². The molecule has 0 saturated carbocycles. The third kappa shape index (κ3) is 4.70. The molecule has 1 aromatic carbocycles. The standard InChI is InChI=1S/C23H29N5O2S/c1-26(2)15-13-19-24-21-20(22(30)27(19)3)25-23(31-21)28-14-7-10-17(28)18(29)12-11-16-8-5-4-6-9-16/h4-6,8-9,17H,7,10-15H2,1-3H3/t17-/m1/s1. The molecule has 0 aliphatic carbocycles. The second kappa shape index (κ2) is 9.28. The predicted octanol–water partition coefficient (Wildman–Crippen LogP) is 2.66. The Kier molecular flexibility index (Phi) is 6.48. The van der Waals surface area contributed by atoms with Crippen molar-refractivity contribution < 1.29 is 4.79 Å². The first-order valence-corrected chi connectivity index (χ1v) is 11.6. The van der Waals surface area contributed by atoms with E-state index >= 15 is 0 Å². The number of carbonyl (C=O) groups is 1. The number of aryl methyl sites for hydroxylation is 1. The summed E-state index contributed by atoms with van der Waals surface area (Å²) in [4.78, 5) is 40.0. The lowest BCUT2D eigenvalue weighted by Gasteiger charge is -2.22. The van der Waals surface area contributed by atoms with Gasteiger partial charge in [0.15, 0.2) is 21.3 Å². The Morgan fingerprint density at radius 1 is 1.19 bits per heavy atom. The van der Waals surface area contributed by atoms with Gasteiger partial charge in [-0.15, -0.1) is 0 Å². The van der Waals surface area contributed by atoms with E-state index < -0.39 is 0 Å². The minimum atomic E-state index is -0.165. The second-order valence-corrected chi connectivity index (χ2v) is 9.35. The Morgan fingerprint density at radius 2 is 1.97 bits per heavy atom. The molecule has 3 aromatic rings. The quantitative estimate of drug-likeness (QED) is 0.537. The van der Waals surface area contributed by atoms with Crippen molar-refractivity contribution in [1.29, 1.82) is 0 Å². The number of hydrogen-bond donors (Lipinski definition) is 0. The SMILES string of the molecule is CN(C)CCc1nc2sc(N3CCC[C@@H]3C(=O)CCc3ccccc3)nc2c(=O)n1C. The summed E-state index contributed by atoms with van der Waals surface area (Å²) in [5.41, 5.74) is 1.46. The number of fused-ring (bicyclic) bond motifs is 1. The van der Waals surface area contributed by atoms with Crippen molar-refractivity contribution in [3.05, 3.63) is 52.1 Å². The fourth-order valence-corrected chi connectivity index (χ4v) is 5.09.